The number of anilines is 1. The van der Waals surface area contributed by atoms with Crippen LogP contribution in [0.25, 0.3) is 0 Å². The monoisotopic (exact) mass is 264 g/mol. The number of rotatable bonds is 5. The third-order valence-corrected chi connectivity index (χ3v) is 3.45. The van der Waals surface area contributed by atoms with E-state index in [-0.39, 0.29) is 5.91 Å². The van der Waals surface area contributed by atoms with Gasteiger partial charge < -0.3 is 10.7 Å². The van der Waals surface area contributed by atoms with Gasteiger partial charge in [-0.2, -0.15) is 0 Å². The molecule has 2 heterocycles. The molecule has 4 N–H and O–H groups in total. The second-order valence-electron chi connectivity index (χ2n) is 4.58. The lowest BCUT2D eigenvalue weighted by Gasteiger charge is -2.22. The van der Waals surface area contributed by atoms with E-state index in [4.69, 9.17) is 5.84 Å². The molecule has 1 saturated heterocycles. The van der Waals surface area contributed by atoms with E-state index in [0.717, 1.165) is 19.5 Å². The van der Waals surface area contributed by atoms with Crippen molar-refractivity contribution in [1.29, 1.82) is 0 Å². The van der Waals surface area contributed by atoms with E-state index in [1.807, 2.05) is 0 Å². The zero-order chi connectivity index (χ0) is 13.7. The van der Waals surface area contributed by atoms with Gasteiger partial charge >= 0.3 is 0 Å². The Morgan fingerprint density at radius 3 is 3.00 bits per heavy atom. The maximum atomic E-state index is 11.9. The van der Waals surface area contributed by atoms with E-state index >= 15 is 0 Å². The van der Waals surface area contributed by atoms with Crippen LogP contribution in [-0.4, -0.2) is 46.7 Å². The van der Waals surface area contributed by atoms with Crippen LogP contribution >= 0.6 is 0 Å². The van der Waals surface area contributed by atoms with Gasteiger partial charge in [0.1, 0.15) is 0 Å². The van der Waals surface area contributed by atoms with E-state index in [2.05, 4.69) is 32.8 Å². The molecule has 0 spiro atoms. The van der Waals surface area contributed by atoms with E-state index in [1.165, 1.54) is 6.42 Å². The number of nitrogens with two attached hydrogens (primary N) is 1. The normalized spacial score (nSPS) is 19.4. The Bertz CT molecular complexity index is 421. The molecule has 1 aromatic rings. The largest absolute Gasteiger partial charge is 0.349 e. The summed E-state index contributed by atoms with van der Waals surface area (Å²) >= 11 is 0. The maximum Gasteiger partial charge on any atom is 0.271 e. The molecule has 1 aliphatic rings. The Balaban J connectivity index is 1.86. The van der Waals surface area contributed by atoms with Gasteiger partial charge in [-0.3, -0.25) is 9.69 Å². The smallest absolute Gasteiger partial charge is 0.271 e. The summed E-state index contributed by atoms with van der Waals surface area (Å²) in [5.41, 5.74) is 2.68. The highest BCUT2D eigenvalue weighted by molar-refractivity contribution is 5.92. The highest BCUT2D eigenvalue weighted by Gasteiger charge is 2.23. The van der Waals surface area contributed by atoms with Crippen LogP contribution in [0.5, 0.6) is 0 Å². The fourth-order valence-electron chi connectivity index (χ4n) is 2.37. The molecule has 0 radical (unpaired) electrons. The number of hydrogen-bond acceptors (Lipinski definition) is 6. The lowest BCUT2D eigenvalue weighted by atomic mass is 10.2. The summed E-state index contributed by atoms with van der Waals surface area (Å²) in [4.78, 5) is 14.3. The average Bonchev–Trinajstić information content (AvgIpc) is 2.92. The quantitative estimate of drug-likeness (QED) is 0.511. The number of likely N-dealkylation sites (N-methyl/N-ethyl adjacent to an activating group) is 1. The molecule has 2 rings (SSSR count). The second-order valence-corrected chi connectivity index (χ2v) is 4.58. The van der Waals surface area contributed by atoms with Crippen LogP contribution in [0.2, 0.25) is 0 Å². The van der Waals surface area contributed by atoms with Crippen LogP contribution in [0.15, 0.2) is 12.1 Å². The molecule has 1 amide bonds. The summed E-state index contributed by atoms with van der Waals surface area (Å²) in [6, 6.07) is 3.66. The van der Waals surface area contributed by atoms with Crippen molar-refractivity contribution < 1.29 is 4.79 Å². The number of carbonyl (C=O) groups excluding carboxylic acids is 1. The number of hydrazine groups is 1. The van der Waals surface area contributed by atoms with Gasteiger partial charge in [0.25, 0.3) is 5.91 Å². The van der Waals surface area contributed by atoms with Crippen LogP contribution in [0.3, 0.4) is 0 Å². The molecular weight excluding hydrogens is 244 g/mol. The predicted octanol–water partition coefficient (Wildman–Crippen LogP) is -0.0237. The fourth-order valence-corrected chi connectivity index (χ4v) is 2.37. The highest BCUT2D eigenvalue weighted by atomic mass is 16.1. The number of nitrogens with one attached hydrogen (secondary N) is 2. The van der Waals surface area contributed by atoms with Gasteiger partial charge in [-0.1, -0.05) is 6.92 Å². The Morgan fingerprint density at radius 2 is 2.37 bits per heavy atom. The van der Waals surface area contributed by atoms with E-state index in [1.54, 1.807) is 12.1 Å². The first kappa shape index (κ1) is 13.7. The molecule has 0 saturated carbocycles. The summed E-state index contributed by atoms with van der Waals surface area (Å²) in [6.45, 7) is 4.94. The standard InChI is InChI=1S/C12H20N6O/c1-2-18-7-3-4-9(18)8-14-12(19)10-5-6-11(15-13)17-16-10/h5-6,9H,2-4,7-8,13H2,1H3,(H,14,19)(H,15,17). The summed E-state index contributed by atoms with van der Waals surface area (Å²) in [5.74, 6) is 5.43. The number of carbonyl (C=O) groups is 1. The van der Waals surface area contributed by atoms with E-state index in [0.29, 0.717) is 24.1 Å². The molecule has 0 aliphatic carbocycles. The molecule has 1 unspecified atom stereocenters. The zero-order valence-corrected chi connectivity index (χ0v) is 11.1. The lowest BCUT2D eigenvalue weighted by molar-refractivity contribution is 0.0935. The van der Waals surface area contributed by atoms with Gasteiger partial charge in [-0.25, -0.2) is 5.84 Å². The number of likely N-dealkylation sites (tertiary alicyclic amines) is 1. The average molecular weight is 264 g/mol. The molecule has 19 heavy (non-hydrogen) atoms. The van der Waals surface area contributed by atoms with Crippen molar-refractivity contribution in [2.75, 3.05) is 25.1 Å². The van der Waals surface area contributed by atoms with E-state index in [9.17, 15) is 4.79 Å². The number of hydrogen-bond donors (Lipinski definition) is 3. The Hall–Kier alpha value is -1.73. The van der Waals surface area contributed by atoms with Crippen molar-refractivity contribution >= 4 is 11.7 Å². The molecule has 0 bridgehead atoms. The first-order valence-electron chi connectivity index (χ1n) is 6.57. The Kier molecular flexibility index (Phi) is 4.64. The Labute approximate surface area is 112 Å². The van der Waals surface area contributed by atoms with Gasteiger partial charge in [0.2, 0.25) is 0 Å². The molecule has 7 nitrogen and oxygen atoms in total. The third kappa shape index (κ3) is 3.39. The summed E-state index contributed by atoms with van der Waals surface area (Å²) < 4.78 is 0. The summed E-state index contributed by atoms with van der Waals surface area (Å²) in [6.07, 6.45) is 2.33. The van der Waals surface area contributed by atoms with Crippen LogP contribution in [0.1, 0.15) is 30.3 Å². The molecule has 0 aromatic carbocycles. The van der Waals surface area contributed by atoms with Crippen LogP contribution in [0, 0.1) is 0 Å². The molecule has 1 aliphatic heterocycles. The molecule has 104 valence electrons. The van der Waals surface area contributed by atoms with Gasteiger partial charge in [0.15, 0.2) is 11.5 Å². The van der Waals surface area contributed by atoms with Crippen molar-refractivity contribution in [3.8, 4) is 0 Å². The first-order chi connectivity index (χ1) is 9.24. The fraction of sp³-hybridized carbons (Fsp3) is 0.583. The van der Waals surface area contributed by atoms with E-state index < -0.39 is 0 Å². The van der Waals surface area contributed by atoms with Gasteiger partial charge in [-0.05, 0) is 38.1 Å². The molecule has 1 aromatic heterocycles. The zero-order valence-electron chi connectivity index (χ0n) is 11.1. The summed E-state index contributed by atoms with van der Waals surface area (Å²) in [7, 11) is 0. The van der Waals surface area contributed by atoms with Crippen molar-refractivity contribution in [3.05, 3.63) is 17.8 Å². The van der Waals surface area contributed by atoms with Gasteiger partial charge in [0.05, 0.1) is 0 Å². The lowest BCUT2D eigenvalue weighted by Crippen LogP contribution is -2.40. The van der Waals surface area contributed by atoms with Crippen LogP contribution in [-0.2, 0) is 0 Å². The minimum atomic E-state index is -0.195. The topological polar surface area (TPSA) is 96.2 Å². The van der Waals surface area contributed by atoms with Crippen molar-refractivity contribution in [2.24, 2.45) is 5.84 Å². The number of aromatic nitrogens is 2. The number of nitrogen functional groups attached to an aromatic ring is 1. The molecule has 7 heteroatoms. The first-order valence-corrected chi connectivity index (χ1v) is 6.57. The van der Waals surface area contributed by atoms with Crippen molar-refractivity contribution in [1.82, 2.24) is 20.4 Å². The van der Waals surface area contributed by atoms with Crippen LogP contribution in [0.4, 0.5) is 5.82 Å². The molecule has 1 atom stereocenters. The minimum Gasteiger partial charge on any atom is -0.349 e. The maximum absolute atomic E-state index is 11.9. The number of amides is 1. The third-order valence-electron chi connectivity index (χ3n) is 3.45. The van der Waals surface area contributed by atoms with Gasteiger partial charge in [0, 0.05) is 12.6 Å². The second kappa shape index (κ2) is 6.44. The number of nitrogens with zero attached hydrogens (tertiary/aromatic N) is 3. The minimum absolute atomic E-state index is 0.195. The van der Waals surface area contributed by atoms with Crippen molar-refractivity contribution in [2.45, 2.75) is 25.8 Å². The van der Waals surface area contributed by atoms with Crippen LogP contribution < -0.4 is 16.6 Å². The molecular formula is C12H20N6O. The summed E-state index contributed by atoms with van der Waals surface area (Å²) in [5, 5.41) is 10.5. The SMILES string of the molecule is CCN1CCCC1CNC(=O)c1ccc(NN)nn1. The van der Waals surface area contributed by atoms with Gasteiger partial charge in [-0.15, -0.1) is 10.2 Å². The molecule has 1 fully saturated rings. The highest BCUT2D eigenvalue weighted by Crippen LogP contribution is 2.15. The Morgan fingerprint density at radius 1 is 1.53 bits per heavy atom. The van der Waals surface area contributed by atoms with Crippen molar-refractivity contribution in [3.63, 3.8) is 0 Å². The predicted molar refractivity (Wildman–Crippen MR) is 72.4 cm³/mol.